The molecule has 0 bridgehead atoms. The largest absolute Gasteiger partial charge is 0.394 e. The van der Waals surface area contributed by atoms with Crippen LogP contribution in [0.2, 0.25) is 0 Å². The molecule has 1 aliphatic heterocycles. The second-order valence-electron chi connectivity index (χ2n) is 4.38. The van der Waals surface area contributed by atoms with Crippen LogP contribution in [-0.2, 0) is 16.0 Å². The molecular formula is C13H18N2O3. The van der Waals surface area contributed by atoms with Crippen molar-refractivity contribution in [2.75, 3.05) is 26.3 Å². The zero-order chi connectivity index (χ0) is 12.8. The van der Waals surface area contributed by atoms with Gasteiger partial charge < -0.3 is 14.7 Å². The van der Waals surface area contributed by atoms with Crippen molar-refractivity contribution >= 4 is 5.91 Å². The minimum atomic E-state index is -0.235. The van der Waals surface area contributed by atoms with Gasteiger partial charge in [0, 0.05) is 31.9 Å². The summed E-state index contributed by atoms with van der Waals surface area (Å²) in [6, 6.07) is 3.84. The molecule has 1 amide bonds. The highest BCUT2D eigenvalue weighted by molar-refractivity contribution is 5.76. The maximum absolute atomic E-state index is 12.0. The Bertz CT molecular complexity index is 383. The molecule has 1 aromatic rings. The van der Waals surface area contributed by atoms with Gasteiger partial charge in [-0.2, -0.15) is 0 Å². The lowest BCUT2D eigenvalue weighted by atomic mass is 10.1. The van der Waals surface area contributed by atoms with Gasteiger partial charge in [0.15, 0.2) is 0 Å². The maximum atomic E-state index is 12.0. The van der Waals surface area contributed by atoms with E-state index in [1.807, 2.05) is 12.1 Å². The van der Waals surface area contributed by atoms with Crippen molar-refractivity contribution in [1.29, 1.82) is 0 Å². The Morgan fingerprint density at radius 2 is 2.50 bits per heavy atom. The highest BCUT2D eigenvalue weighted by atomic mass is 16.5. The smallest absolute Gasteiger partial charge is 0.223 e. The fraction of sp³-hybridized carbons (Fsp3) is 0.538. The van der Waals surface area contributed by atoms with Crippen LogP contribution >= 0.6 is 0 Å². The van der Waals surface area contributed by atoms with Gasteiger partial charge in [0.2, 0.25) is 5.91 Å². The van der Waals surface area contributed by atoms with Gasteiger partial charge in [-0.3, -0.25) is 9.78 Å². The first-order valence-electron chi connectivity index (χ1n) is 6.18. The van der Waals surface area contributed by atoms with Crippen molar-refractivity contribution in [2.24, 2.45) is 0 Å². The van der Waals surface area contributed by atoms with Crippen LogP contribution in [0, 0.1) is 0 Å². The molecule has 1 aliphatic rings. The number of morpholine rings is 1. The standard InChI is InChI=1S/C13H18N2O3/c16-10-12-9-15(6-7-18-12)13(17)4-3-11-2-1-5-14-8-11/h1-2,5,8,12,16H,3-4,6-7,9-10H2. The number of nitrogens with zero attached hydrogens (tertiary/aromatic N) is 2. The van der Waals surface area contributed by atoms with Crippen molar-refractivity contribution in [1.82, 2.24) is 9.88 Å². The first kappa shape index (κ1) is 13.0. The number of hydrogen-bond donors (Lipinski definition) is 1. The van der Waals surface area contributed by atoms with E-state index in [1.165, 1.54) is 0 Å². The van der Waals surface area contributed by atoms with Crippen LogP contribution in [0.3, 0.4) is 0 Å². The van der Waals surface area contributed by atoms with Crippen LogP contribution in [0.25, 0.3) is 0 Å². The van der Waals surface area contributed by atoms with E-state index in [2.05, 4.69) is 4.98 Å². The second-order valence-corrected chi connectivity index (χ2v) is 4.38. The average Bonchev–Trinajstić information content (AvgIpc) is 2.46. The topological polar surface area (TPSA) is 62.7 Å². The summed E-state index contributed by atoms with van der Waals surface area (Å²) < 4.78 is 5.32. The van der Waals surface area contributed by atoms with E-state index in [4.69, 9.17) is 9.84 Å². The van der Waals surface area contributed by atoms with Gasteiger partial charge in [-0.05, 0) is 18.1 Å². The number of ether oxygens (including phenoxy) is 1. The van der Waals surface area contributed by atoms with Crippen molar-refractivity contribution in [3.63, 3.8) is 0 Å². The summed E-state index contributed by atoms with van der Waals surface area (Å²) in [6.07, 6.45) is 4.45. The number of pyridine rings is 1. The van der Waals surface area contributed by atoms with E-state index in [0.29, 0.717) is 32.5 Å². The summed E-state index contributed by atoms with van der Waals surface area (Å²) in [4.78, 5) is 17.8. The average molecular weight is 250 g/mol. The third kappa shape index (κ3) is 3.51. The van der Waals surface area contributed by atoms with Crippen LogP contribution in [0.4, 0.5) is 0 Å². The molecule has 1 unspecified atom stereocenters. The van der Waals surface area contributed by atoms with Gasteiger partial charge >= 0.3 is 0 Å². The molecule has 5 nitrogen and oxygen atoms in total. The molecule has 2 heterocycles. The van der Waals surface area contributed by atoms with Gasteiger partial charge in [0.1, 0.15) is 0 Å². The third-order valence-electron chi connectivity index (χ3n) is 3.05. The Hall–Kier alpha value is -1.46. The predicted octanol–water partition coefficient (Wildman–Crippen LogP) is 0.234. The highest BCUT2D eigenvalue weighted by Gasteiger charge is 2.23. The SMILES string of the molecule is O=C(CCc1cccnc1)N1CCOC(CO)C1. The summed E-state index contributed by atoms with van der Waals surface area (Å²) in [5, 5.41) is 9.03. The molecule has 0 aromatic carbocycles. The molecular weight excluding hydrogens is 232 g/mol. The van der Waals surface area contributed by atoms with Crippen LogP contribution in [0.5, 0.6) is 0 Å². The fourth-order valence-corrected chi connectivity index (χ4v) is 2.01. The highest BCUT2D eigenvalue weighted by Crippen LogP contribution is 2.08. The molecule has 1 N–H and O–H groups in total. The quantitative estimate of drug-likeness (QED) is 0.831. The monoisotopic (exact) mass is 250 g/mol. The lowest BCUT2D eigenvalue weighted by molar-refractivity contribution is -0.140. The molecule has 18 heavy (non-hydrogen) atoms. The lowest BCUT2D eigenvalue weighted by Crippen LogP contribution is -2.46. The number of carbonyl (C=O) groups excluding carboxylic acids is 1. The molecule has 0 saturated carbocycles. The lowest BCUT2D eigenvalue weighted by Gasteiger charge is -2.32. The fourth-order valence-electron chi connectivity index (χ4n) is 2.01. The second kappa shape index (κ2) is 6.47. The maximum Gasteiger partial charge on any atom is 0.223 e. The minimum Gasteiger partial charge on any atom is -0.394 e. The van der Waals surface area contributed by atoms with Gasteiger partial charge in [-0.15, -0.1) is 0 Å². The van der Waals surface area contributed by atoms with Crippen molar-refractivity contribution in [3.8, 4) is 0 Å². The molecule has 0 radical (unpaired) electrons. The van der Waals surface area contributed by atoms with E-state index < -0.39 is 0 Å². The number of amides is 1. The first-order valence-corrected chi connectivity index (χ1v) is 6.18. The van der Waals surface area contributed by atoms with Gasteiger partial charge in [-0.1, -0.05) is 6.07 Å². The molecule has 1 fully saturated rings. The normalized spacial score (nSPS) is 19.8. The zero-order valence-corrected chi connectivity index (χ0v) is 10.3. The number of aromatic nitrogens is 1. The number of aliphatic hydroxyl groups is 1. The Morgan fingerprint density at radius 1 is 1.61 bits per heavy atom. The van der Waals surface area contributed by atoms with Crippen LogP contribution < -0.4 is 0 Å². The molecule has 1 aromatic heterocycles. The molecule has 0 spiro atoms. The summed E-state index contributed by atoms with van der Waals surface area (Å²) in [5.74, 6) is 0.112. The molecule has 0 aliphatic carbocycles. The van der Waals surface area contributed by atoms with Crippen LogP contribution in [0.1, 0.15) is 12.0 Å². The van der Waals surface area contributed by atoms with Crippen molar-refractivity contribution in [3.05, 3.63) is 30.1 Å². The number of aryl methyl sites for hydroxylation is 1. The number of rotatable bonds is 4. The van der Waals surface area contributed by atoms with Gasteiger partial charge in [0.05, 0.1) is 19.3 Å². The number of hydrogen-bond acceptors (Lipinski definition) is 4. The van der Waals surface area contributed by atoms with E-state index in [0.717, 1.165) is 5.56 Å². The molecule has 1 saturated heterocycles. The van der Waals surface area contributed by atoms with E-state index in [1.54, 1.807) is 17.3 Å². The molecule has 1 atom stereocenters. The predicted molar refractivity (Wildman–Crippen MR) is 66.0 cm³/mol. The Morgan fingerprint density at radius 3 is 3.22 bits per heavy atom. The number of aliphatic hydroxyl groups excluding tert-OH is 1. The van der Waals surface area contributed by atoms with Gasteiger partial charge in [0.25, 0.3) is 0 Å². The minimum absolute atomic E-state index is 0.0353. The summed E-state index contributed by atoms with van der Waals surface area (Å²) in [6.45, 7) is 1.57. The molecule has 5 heteroatoms. The van der Waals surface area contributed by atoms with E-state index in [9.17, 15) is 4.79 Å². The summed E-state index contributed by atoms with van der Waals surface area (Å²) in [5.41, 5.74) is 1.07. The first-order chi connectivity index (χ1) is 8.79. The van der Waals surface area contributed by atoms with Crippen LogP contribution in [0.15, 0.2) is 24.5 Å². The molecule has 2 rings (SSSR count). The Balaban J connectivity index is 1.81. The zero-order valence-electron chi connectivity index (χ0n) is 10.3. The third-order valence-corrected chi connectivity index (χ3v) is 3.05. The summed E-state index contributed by atoms with van der Waals surface area (Å²) >= 11 is 0. The Labute approximate surface area is 106 Å². The van der Waals surface area contributed by atoms with E-state index in [-0.39, 0.29) is 18.6 Å². The van der Waals surface area contributed by atoms with Gasteiger partial charge in [-0.25, -0.2) is 0 Å². The van der Waals surface area contributed by atoms with Crippen molar-refractivity contribution < 1.29 is 14.6 Å². The number of carbonyl (C=O) groups is 1. The Kier molecular flexibility index (Phi) is 4.66. The van der Waals surface area contributed by atoms with E-state index >= 15 is 0 Å². The molecule has 98 valence electrons. The van der Waals surface area contributed by atoms with Crippen molar-refractivity contribution in [2.45, 2.75) is 18.9 Å². The van der Waals surface area contributed by atoms with Crippen LogP contribution in [-0.4, -0.2) is 53.3 Å². The summed E-state index contributed by atoms with van der Waals surface area (Å²) in [7, 11) is 0.